The number of benzene rings is 3. The molecule has 0 atom stereocenters. The minimum Gasteiger partial charge on any atom is -0.353 e. The molecule has 0 spiro atoms. The second kappa shape index (κ2) is 11.7. The van der Waals surface area contributed by atoms with Crippen molar-refractivity contribution < 1.29 is 18.0 Å². The first-order valence-corrected chi connectivity index (χ1v) is 13.7. The van der Waals surface area contributed by atoms with Gasteiger partial charge >= 0.3 is 6.18 Å². The Kier molecular flexibility index (Phi) is 7.67. The van der Waals surface area contributed by atoms with Gasteiger partial charge in [-0.2, -0.15) is 13.2 Å². The van der Waals surface area contributed by atoms with Crippen molar-refractivity contribution in [3.8, 4) is 11.1 Å². The van der Waals surface area contributed by atoms with Gasteiger partial charge in [-0.15, -0.1) is 0 Å². The summed E-state index contributed by atoms with van der Waals surface area (Å²) in [4.78, 5) is 31.1. The van der Waals surface area contributed by atoms with Crippen LogP contribution in [-0.2, 0) is 19.1 Å². The van der Waals surface area contributed by atoms with E-state index in [0.717, 1.165) is 78.4 Å². The van der Waals surface area contributed by atoms with Crippen molar-refractivity contribution in [1.82, 2.24) is 19.9 Å². The van der Waals surface area contributed by atoms with Gasteiger partial charge in [0.05, 0.1) is 22.8 Å². The molecule has 5 aromatic rings. The molecule has 42 heavy (non-hydrogen) atoms. The highest BCUT2D eigenvalue weighted by Gasteiger charge is 2.30. The van der Waals surface area contributed by atoms with Crippen LogP contribution in [-0.4, -0.2) is 51.8 Å². The number of hydrogen-bond donors (Lipinski definition) is 0. The Hall–Kier alpha value is -4.63. The molecule has 6 rings (SSSR count). The van der Waals surface area contributed by atoms with E-state index in [4.69, 9.17) is 4.98 Å². The maximum atomic E-state index is 13.0. The molecule has 0 bridgehead atoms. The Bertz CT molecular complexity index is 1700. The molecule has 1 aliphatic heterocycles. The molecular formula is C33H28F3N5O. The summed E-state index contributed by atoms with van der Waals surface area (Å²) in [5, 5.41) is 0. The van der Waals surface area contributed by atoms with E-state index in [-0.39, 0.29) is 17.8 Å². The van der Waals surface area contributed by atoms with Gasteiger partial charge in [0.2, 0.25) is 0 Å². The van der Waals surface area contributed by atoms with Crippen LogP contribution in [0.25, 0.3) is 22.2 Å². The van der Waals surface area contributed by atoms with Gasteiger partial charge in [-0.05, 0) is 52.6 Å². The molecule has 0 aliphatic carbocycles. The molecule has 0 N–H and O–H groups in total. The summed E-state index contributed by atoms with van der Waals surface area (Å²) in [7, 11) is 0. The first-order valence-electron chi connectivity index (χ1n) is 13.7. The first kappa shape index (κ1) is 27.5. The predicted molar refractivity (Wildman–Crippen MR) is 156 cm³/mol. The van der Waals surface area contributed by atoms with Gasteiger partial charge in [-0.25, -0.2) is 4.98 Å². The Morgan fingerprint density at radius 1 is 0.786 bits per heavy atom. The summed E-state index contributed by atoms with van der Waals surface area (Å²) >= 11 is 0. The number of ketones is 1. The van der Waals surface area contributed by atoms with Crippen LogP contribution in [0.15, 0.2) is 97.5 Å². The van der Waals surface area contributed by atoms with Crippen molar-refractivity contribution in [3.05, 3.63) is 120 Å². The standard InChI is InChI=1S/C33H28F3N5O/c34-33(35,36)28-5-1-4-27(18-28)31(42)17-23-6-8-25(9-7-23)26-10-11-29-30(19-26)39-32(21-38-29)41-15-13-40(14-16-41)22-24-3-2-12-37-20-24/h1-12,18-21H,13-17,22H2. The number of carbonyl (C=O) groups excluding carboxylic acids is 1. The van der Waals surface area contributed by atoms with E-state index in [2.05, 4.69) is 25.8 Å². The fourth-order valence-corrected chi connectivity index (χ4v) is 5.19. The summed E-state index contributed by atoms with van der Waals surface area (Å²) in [6.07, 6.45) is 1.06. The number of Topliss-reactive ketones (excluding diaryl/α,β-unsaturated/α-hetero) is 1. The van der Waals surface area contributed by atoms with Gasteiger partial charge in [0, 0.05) is 57.1 Å². The fourth-order valence-electron chi connectivity index (χ4n) is 5.19. The molecule has 1 fully saturated rings. The van der Waals surface area contributed by atoms with Crippen molar-refractivity contribution in [2.45, 2.75) is 19.1 Å². The molecule has 1 aliphatic rings. The van der Waals surface area contributed by atoms with E-state index in [0.29, 0.717) is 0 Å². The number of rotatable bonds is 7. The molecule has 6 nitrogen and oxygen atoms in total. The van der Waals surface area contributed by atoms with Crippen LogP contribution in [0, 0.1) is 0 Å². The third-order valence-electron chi connectivity index (χ3n) is 7.52. The van der Waals surface area contributed by atoms with Crippen LogP contribution in [0.3, 0.4) is 0 Å². The van der Waals surface area contributed by atoms with Crippen molar-refractivity contribution >= 4 is 22.6 Å². The fraction of sp³-hybridized carbons (Fsp3) is 0.212. The molecule has 0 unspecified atom stereocenters. The van der Waals surface area contributed by atoms with E-state index < -0.39 is 11.7 Å². The highest BCUT2D eigenvalue weighted by Crippen LogP contribution is 2.30. The smallest absolute Gasteiger partial charge is 0.353 e. The number of hydrogen-bond acceptors (Lipinski definition) is 6. The van der Waals surface area contributed by atoms with Gasteiger partial charge < -0.3 is 4.90 Å². The van der Waals surface area contributed by atoms with E-state index in [1.807, 2.05) is 60.9 Å². The second-order valence-electron chi connectivity index (χ2n) is 10.4. The maximum Gasteiger partial charge on any atom is 0.416 e. The average Bonchev–Trinajstić information content (AvgIpc) is 3.01. The number of piperazine rings is 1. The number of fused-ring (bicyclic) bond motifs is 1. The molecule has 1 saturated heterocycles. The lowest BCUT2D eigenvalue weighted by atomic mass is 9.98. The maximum absolute atomic E-state index is 13.0. The molecule has 0 saturated carbocycles. The summed E-state index contributed by atoms with van der Waals surface area (Å²) < 4.78 is 39.1. The number of aromatic nitrogens is 3. The van der Waals surface area contributed by atoms with Crippen LogP contribution in [0.1, 0.15) is 27.0 Å². The zero-order valence-corrected chi connectivity index (χ0v) is 22.8. The zero-order valence-electron chi connectivity index (χ0n) is 22.8. The molecule has 3 heterocycles. The average molecular weight is 568 g/mol. The SMILES string of the molecule is O=C(Cc1ccc(-c2ccc3ncc(N4CCN(Cc5cccnc5)CC4)nc3c2)cc1)c1cccc(C(F)(F)F)c1. The van der Waals surface area contributed by atoms with Gasteiger partial charge in [-0.3, -0.25) is 19.7 Å². The number of nitrogens with zero attached hydrogens (tertiary/aromatic N) is 5. The highest BCUT2D eigenvalue weighted by atomic mass is 19.4. The Morgan fingerprint density at radius 2 is 1.57 bits per heavy atom. The largest absolute Gasteiger partial charge is 0.416 e. The molecule has 2 aromatic heterocycles. The second-order valence-corrected chi connectivity index (χ2v) is 10.4. The first-order chi connectivity index (χ1) is 20.3. The third kappa shape index (κ3) is 6.31. The summed E-state index contributed by atoms with van der Waals surface area (Å²) in [5.41, 5.74) is 4.68. The Morgan fingerprint density at radius 3 is 2.31 bits per heavy atom. The van der Waals surface area contributed by atoms with E-state index in [1.165, 1.54) is 17.7 Å². The van der Waals surface area contributed by atoms with Gasteiger partial charge in [0.1, 0.15) is 5.82 Å². The monoisotopic (exact) mass is 567 g/mol. The van der Waals surface area contributed by atoms with E-state index in [9.17, 15) is 18.0 Å². The number of pyridine rings is 1. The molecular weight excluding hydrogens is 539 g/mol. The molecule has 0 amide bonds. The molecule has 0 radical (unpaired) electrons. The predicted octanol–water partition coefficient (Wildman–Crippen LogP) is 6.46. The van der Waals surface area contributed by atoms with Gasteiger partial charge in [-0.1, -0.05) is 48.5 Å². The Balaban J connectivity index is 1.12. The van der Waals surface area contributed by atoms with Crippen LogP contribution < -0.4 is 4.90 Å². The summed E-state index contributed by atoms with van der Waals surface area (Å²) in [6.45, 7) is 4.46. The number of anilines is 1. The lowest BCUT2D eigenvalue weighted by Crippen LogP contribution is -2.46. The number of alkyl halides is 3. The molecule has 3 aromatic carbocycles. The number of halogens is 3. The molecule has 9 heteroatoms. The van der Waals surface area contributed by atoms with Crippen molar-refractivity contribution in [3.63, 3.8) is 0 Å². The van der Waals surface area contributed by atoms with Gasteiger partial charge in [0.15, 0.2) is 5.78 Å². The van der Waals surface area contributed by atoms with Crippen molar-refractivity contribution in [2.24, 2.45) is 0 Å². The zero-order chi connectivity index (χ0) is 29.1. The highest BCUT2D eigenvalue weighted by molar-refractivity contribution is 5.97. The lowest BCUT2D eigenvalue weighted by molar-refractivity contribution is -0.137. The van der Waals surface area contributed by atoms with Crippen molar-refractivity contribution in [1.29, 1.82) is 0 Å². The van der Waals surface area contributed by atoms with E-state index in [1.54, 1.807) is 6.20 Å². The summed E-state index contributed by atoms with van der Waals surface area (Å²) in [5.74, 6) is 0.490. The van der Waals surface area contributed by atoms with Crippen molar-refractivity contribution in [2.75, 3.05) is 31.1 Å². The topological polar surface area (TPSA) is 62.2 Å². The number of carbonyl (C=O) groups is 1. The van der Waals surface area contributed by atoms with Gasteiger partial charge in [0.25, 0.3) is 0 Å². The Labute approximate surface area is 241 Å². The van der Waals surface area contributed by atoms with Crippen LogP contribution >= 0.6 is 0 Å². The minimum absolute atomic E-state index is 0.0175. The quantitative estimate of drug-likeness (QED) is 0.211. The lowest BCUT2D eigenvalue weighted by Gasteiger charge is -2.35. The molecule has 212 valence electrons. The third-order valence-corrected chi connectivity index (χ3v) is 7.52. The van der Waals surface area contributed by atoms with Crippen LogP contribution in [0.2, 0.25) is 0 Å². The normalized spacial score (nSPS) is 14.3. The van der Waals surface area contributed by atoms with Crippen LogP contribution in [0.4, 0.5) is 19.0 Å². The van der Waals surface area contributed by atoms with Crippen LogP contribution in [0.5, 0.6) is 0 Å². The summed E-state index contributed by atoms with van der Waals surface area (Å²) in [6, 6.07) is 22.0. The van der Waals surface area contributed by atoms with E-state index >= 15 is 0 Å². The minimum atomic E-state index is -4.49.